The molecule has 1 aromatic carbocycles. The van der Waals surface area contributed by atoms with Gasteiger partial charge in [-0.1, -0.05) is 37.3 Å². The van der Waals surface area contributed by atoms with E-state index < -0.39 is 36.0 Å². The predicted molar refractivity (Wildman–Crippen MR) is 134 cm³/mol. The largest absolute Gasteiger partial charge is 0.459 e. The number of aromatic nitrogens is 2. The summed E-state index contributed by atoms with van der Waals surface area (Å²) in [7, 11) is 2.09. The standard InChI is InChI=1S/C26H37N5O5/c1-5-20-13-21(11-16(2)31(20)4)35-26(34)23(18-9-7-6-8-10-18)36-25(33)22(30-24(32)17(3)27)12-19-14-28-15-29-19/h6-10,14-17,20-23H,5,11-13,27H2,1-4H3,(H,28,29)(H,30,32)/t16?,17?,20-,21?,22?,23?/m1/s1. The van der Waals surface area contributed by atoms with Crippen LogP contribution < -0.4 is 11.1 Å². The molecule has 6 atom stereocenters. The number of rotatable bonds is 10. The Morgan fingerprint density at radius 3 is 2.56 bits per heavy atom. The number of hydrogen-bond acceptors (Lipinski definition) is 8. The van der Waals surface area contributed by atoms with E-state index in [1.807, 2.05) is 6.07 Å². The molecule has 10 heteroatoms. The highest BCUT2D eigenvalue weighted by Crippen LogP contribution is 2.28. The minimum Gasteiger partial charge on any atom is -0.459 e. The van der Waals surface area contributed by atoms with E-state index in [0.29, 0.717) is 30.1 Å². The van der Waals surface area contributed by atoms with E-state index in [2.05, 4.69) is 41.1 Å². The van der Waals surface area contributed by atoms with E-state index in [1.54, 1.807) is 30.5 Å². The van der Waals surface area contributed by atoms with E-state index in [1.165, 1.54) is 13.3 Å². The third-order valence-electron chi connectivity index (χ3n) is 6.71. The predicted octanol–water partition coefficient (Wildman–Crippen LogP) is 1.87. The van der Waals surface area contributed by atoms with Crippen molar-refractivity contribution in [2.24, 2.45) is 5.73 Å². The number of nitrogens with one attached hydrogen (secondary N) is 2. The molecule has 5 unspecified atom stereocenters. The highest BCUT2D eigenvalue weighted by atomic mass is 16.6. The summed E-state index contributed by atoms with van der Waals surface area (Å²) < 4.78 is 11.6. The molecule has 3 rings (SSSR count). The summed E-state index contributed by atoms with van der Waals surface area (Å²) in [6.07, 6.45) is 3.92. The number of piperidine rings is 1. The Balaban J connectivity index is 1.79. The Morgan fingerprint density at radius 2 is 1.94 bits per heavy atom. The number of amides is 1. The molecule has 10 nitrogen and oxygen atoms in total. The molecule has 1 aromatic heterocycles. The molecule has 1 amide bonds. The lowest BCUT2D eigenvalue weighted by molar-refractivity contribution is -0.176. The third-order valence-corrected chi connectivity index (χ3v) is 6.71. The summed E-state index contributed by atoms with van der Waals surface area (Å²) in [6, 6.07) is 7.39. The maximum atomic E-state index is 13.4. The van der Waals surface area contributed by atoms with Crippen LogP contribution in [0.25, 0.3) is 0 Å². The van der Waals surface area contributed by atoms with Crippen molar-refractivity contribution in [3.05, 3.63) is 54.1 Å². The molecule has 0 bridgehead atoms. The fraction of sp³-hybridized carbons (Fsp3) is 0.538. The van der Waals surface area contributed by atoms with Crippen LogP contribution in [-0.2, 0) is 30.3 Å². The van der Waals surface area contributed by atoms with Crippen molar-refractivity contribution >= 4 is 17.8 Å². The number of esters is 2. The van der Waals surface area contributed by atoms with Crippen molar-refractivity contribution in [2.45, 2.75) is 82.8 Å². The van der Waals surface area contributed by atoms with Crippen molar-refractivity contribution in [3.8, 4) is 0 Å². The smallest absolute Gasteiger partial charge is 0.352 e. The number of ether oxygens (including phenoxy) is 2. The first kappa shape index (κ1) is 27.3. The van der Waals surface area contributed by atoms with Crippen LogP contribution in [0, 0.1) is 0 Å². The monoisotopic (exact) mass is 499 g/mol. The minimum absolute atomic E-state index is 0.0957. The van der Waals surface area contributed by atoms with Gasteiger partial charge in [-0.15, -0.1) is 0 Å². The van der Waals surface area contributed by atoms with Crippen LogP contribution in [0.4, 0.5) is 0 Å². The molecule has 1 saturated heterocycles. The van der Waals surface area contributed by atoms with Gasteiger partial charge in [0.25, 0.3) is 0 Å². The Kier molecular flexibility index (Phi) is 9.60. The SMILES string of the molecule is CC[C@@H]1CC(OC(=O)C(OC(=O)C(Cc2cnc[nH]2)NC(=O)C(C)N)c2ccccc2)CC(C)N1C. The van der Waals surface area contributed by atoms with Crippen LogP contribution in [0.3, 0.4) is 0 Å². The molecule has 2 aromatic rings. The van der Waals surface area contributed by atoms with E-state index in [9.17, 15) is 14.4 Å². The Bertz CT molecular complexity index is 997. The fourth-order valence-electron chi connectivity index (χ4n) is 4.44. The fourth-order valence-corrected chi connectivity index (χ4v) is 4.44. The summed E-state index contributed by atoms with van der Waals surface area (Å²) in [5.74, 6) is -1.92. The second kappa shape index (κ2) is 12.6. The molecular formula is C26H37N5O5. The Hall–Kier alpha value is -3.24. The van der Waals surface area contributed by atoms with Crippen LogP contribution in [0.15, 0.2) is 42.9 Å². The molecule has 0 radical (unpaired) electrons. The van der Waals surface area contributed by atoms with Crippen molar-refractivity contribution < 1.29 is 23.9 Å². The van der Waals surface area contributed by atoms with Crippen LogP contribution in [0.1, 0.15) is 57.4 Å². The molecule has 0 aliphatic carbocycles. The van der Waals surface area contributed by atoms with Gasteiger partial charge in [-0.05, 0) is 40.2 Å². The van der Waals surface area contributed by atoms with Gasteiger partial charge in [-0.25, -0.2) is 14.6 Å². The first-order valence-corrected chi connectivity index (χ1v) is 12.4. The average molecular weight is 500 g/mol. The molecule has 0 saturated carbocycles. The summed E-state index contributed by atoms with van der Waals surface area (Å²) in [6.45, 7) is 5.74. The van der Waals surface area contributed by atoms with E-state index in [0.717, 1.165) is 6.42 Å². The zero-order valence-electron chi connectivity index (χ0n) is 21.3. The van der Waals surface area contributed by atoms with Gasteiger partial charge in [-0.2, -0.15) is 0 Å². The lowest BCUT2D eigenvalue weighted by Crippen LogP contribution is -2.50. The quantitative estimate of drug-likeness (QED) is 0.421. The van der Waals surface area contributed by atoms with Crippen LogP contribution in [0.5, 0.6) is 0 Å². The molecule has 36 heavy (non-hydrogen) atoms. The number of benzene rings is 1. The van der Waals surface area contributed by atoms with Crippen LogP contribution in [0.2, 0.25) is 0 Å². The van der Waals surface area contributed by atoms with E-state index >= 15 is 0 Å². The first-order chi connectivity index (χ1) is 17.2. The summed E-state index contributed by atoms with van der Waals surface area (Å²) in [4.78, 5) is 48.1. The van der Waals surface area contributed by atoms with Crippen molar-refractivity contribution in [1.29, 1.82) is 0 Å². The minimum atomic E-state index is -1.27. The molecule has 2 heterocycles. The first-order valence-electron chi connectivity index (χ1n) is 12.4. The van der Waals surface area contributed by atoms with Gasteiger partial charge in [-0.3, -0.25) is 4.79 Å². The van der Waals surface area contributed by atoms with E-state index in [-0.39, 0.29) is 18.6 Å². The molecule has 4 N–H and O–H groups in total. The molecule has 0 spiro atoms. The second-order valence-corrected chi connectivity index (χ2v) is 9.47. The number of carbonyl (C=O) groups is 3. The second-order valence-electron chi connectivity index (χ2n) is 9.47. The lowest BCUT2D eigenvalue weighted by Gasteiger charge is -2.41. The number of nitrogens with zero attached hydrogens (tertiary/aromatic N) is 2. The summed E-state index contributed by atoms with van der Waals surface area (Å²) in [5.41, 5.74) is 6.79. The van der Waals surface area contributed by atoms with Gasteiger partial charge in [0.15, 0.2) is 0 Å². The van der Waals surface area contributed by atoms with Gasteiger partial charge < -0.3 is 30.4 Å². The van der Waals surface area contributed by atoms with Crippen molar-refractivity contribution in [1.82, 2.24) is 20.2 Å². The van der Waals surface area contributed by atoms with Gasteiger partial charge in [0, 0.05) is 36.0 Å². The average Bonchev–Trinajstić information content (AvgIpc) is 3.37. The highest BCUT2D eigenvalue weighted by Gasteiger charge is 2.36. The molecule has 1 fully saturated rings. The van der Waals surface area contributed by atoms with Gasteiger partial charge in [0.1, 0.15) is 12.1 Å². The maximum Gasteiger partial charge on any atom is 0.352 e. The van der Waals surface area contributed by atoms with Crippen molar-refractivity contribution in [3.63, 3.8) is 0 Å². The van der Waals surface area contributed by atoms with Gasteiger partial charge in [0.05, 0.1) is 12.4 Å². The van der Waals surface area contributed by atoms with Gasteiger partial charge >= 0.3 is 11.9 Å². The Labute approximate surface area is 211 Å². The number of likely N-dealkylation sites (tertiary alicyclic amines) is 1. The number of aromatic amines is 1. The topological polar surface area (TPSA) is 140 Å². The zero-order valence-corrected chi connectivity index (χ0v) is 21.3. The molecular weight excluding hydrogens is 462 g/mol. The van der Waals surface area contributed by atoms with Crippen LogP contribution >= 0.6 is 0 Å². The normalized spacial score (nSPS) is 22.8. The highest BCUT2D eigenvalue weighted by molar-refractivity contribution is 5.88. The number of hydrogen-bond donors (Lipinski definition) is 3. The third kappa shape index (κ3) is 7.14. The maximum absolute atomic E-state index is 13.4. The number of imidazole rings is 1. The zero-order chi connectivity index (χ0) is 26.2. The van der Waals surface area contributed by atoms with Crippen molar-refractivity contribution in [2.75, 3.05) is 7.05 Å². The van der Waals surface area contributed by atoms with E-state index in [4.69, 9.17) is 15.2 Å². The number of H-pyrrole nitrogens is 1. The summed E-state index contributed by atoms with van der Waals surface area (Å²) >= 11 is 0. The van der Waals surface area contributed by atoms with Gasteiger partial charge in [0.2, 0.25) is 12.0 Å². The number of carbonyl (C=O) groups excluding carboxylic acids is 3. The Morgan fingerprint density at radius 1 is 1.22 bits per heavy atom. The molecule has 1 aliphatic rings. The molecule has 1 aliphatic heterocycles. The summed E-state index contributed by atoms with van der Waals surface area (Å²) in [5, 5.41) is 2.61. The molecule has 196 valence electrons. The lowest BCUT2D eigenvalue weighted by atomic mass is 9.93. The number of nitrogens with two attached hydrogens (primary N) is 1. The van der Waals surface area contributed by atoms with Crippen LogP contribution in [-0.4, -0.2) is 70.0 Å².